The van der Waals surface area contributed by atoms with Gasteiger partial charge < -0.3 is 15.2 Å². The number of rotatable bonds is 7. The third kappa shape index (κ3) is 4.70. The van der Waals surface area contributed by atoms with Crippen LogP contribution in [0.3, 0.4) is 0 Å². The summed E-state index contributed by atoms with van der Waals surface area (Å²) in [6.45, 7) is 2.54. The zero-order chi connectivity index (χ0) is 22.0. The minimum atomic E-state index is -2.27. The van der Waals surface area contributed by atoms with Crippen LogP contribution in [0.25, 0.3) is 16.6 Å². The summed E-state index contributed by atoms with van der Waals surface area (Å²) in [4.78, 5) is 8.55. The highest BCUT2D eigenvalue weighted by Gasteiger charge is 2.25. The molecular formula is C21H28N6O3S. The van der Waals surface area contributed by atoms with Crippen molar-refractivity contribution in [3.63, 3.8) is 0 Å². The van der Waals surface area contributed by atoms with Crippen molar-refractivity contribution >= 4 is 22.1 Å². The fourth-order valence-corrected chi connectivity index (χ4v) is 4.61. The van der Waals surface area contributed by atoms with Gasteiger partial charge in [-0.05, 0) is 56.4 Å². The Labute approximate surface area is 182 Å². The van der Waals surface area contributed by atoms with Crippen molar-refractivity contribution in [2.24, 2.45) is 0 Å². The topological polar surface area (TPSA) is 125 Å². The van der Waals surface area contributed by atoms with E-state index in [0.29, 0.717) is 12.6 Å². The van der Waals surface area contributed by atoms with Crippen molar-refractivity contribution < 1.29 is 14.1 Å². The third-order valence-corrected chi connectivity index (χ3v) is 6.38. The number of hydrogen-bond donors (Lipinski definition) is 4. The highest BCUT2D eigenvalue weighted by molar-refractivity contribution is 7.73. The van der Waals surface area contributed by atoms with Crippen molar-refractivity contribution in [1.29, 1.82) is 4.78 Å². The maximum atomic E-state index is 11.7. The fourth-order valence-electron chi connectivity index (χ4n) is 4.18. The minimum absolute atomic E-state index is 0.0573. The number of methoxy groups -OCH3 is 1. The molecule has 0 spiro atoms. The first kappa shape index (κ1) is 21.7. The van der Waals surface area contributed by atoms with Crippen molar-refractivity contribution in [1.82, 2.24) is 19.6 Å². The van der Waals surface area contributed by atoms with Gasteiger partial charge in [-0.2, -0.15) is 0 Å². The fraction of sp³-hybridized carbons (Fsp3) is 0.476. The molecule has 3 aromatic rings. The van der Waals surface area contributed by atoms with Crippen LogP contribution in [0, 0.1) is 4.78 Å². The second-order valence-corrected chi connectivity index (χ2v) is 9.11. The highest BCUT2D eigenvalue weighted by atomic mass is 32.2. The molecule has 1 fully saturated rings. The lowest BCUT2D eigenvalue weighted by Crippen LogP contribution is -2.23. The van der Waals surface area contributed by atoms with Crippen LogP contribution >= 0.6 is 0 Å². The molecule has 0 aliphatic heterocycles. The predicted molar refractivity (Wildman–Crippen MR) is 119 cm³/mol. The summed E-state index contributed by atoms with van der Waals surface area (Å²) >= 11 is 0. The van der Waals surface area contributed by atoms with Gasteiger partial charge in [-0.15, -0.1) is 5.10 Å². The number of thiol groups is 1. The van der Waals surface area contributed by atoms with E-state index in [4.69, 9.17) is 14.6 Å². The van der Waals surface area contributed by atoms with Gasteiger partial charge in [0.2, 0.25) is 5.95 Å². The molecule has 9 nitrogen and oxygen atoms in total. The number of ether oxygens (including phenoxy) is 1. The standard InChI is InChI=1S/C21H28N6O3S/c1-13(12-30-2)25-21-24-11-19-17(15-7-8-23-20(9-15)31(22)29)10-18(27(19)26-21)14-3-5-16(28)6-4-14/h7-11,13-14,16,22,28,31H,3-6,12H2,1-2H3,(H,25,26)/t13-,14-,16-/m0/s1. The van der Waals surface area contributed by atoms with Crippen LogP contribution in [0.15, 0.2) is 35.6 Å². The van der Waals surface area contributed by atoms with Crippen LogP contribution in [0.5, 0.6) is 0 Å². The molecule has 1 saturated carbocycles. The Kier molecular flexibility index (Phi) is 6.49. The molecule has 0 radical (unpaired) electrons. The van der Waals surface area contributed by atoms with E-state index in [9.17, 15) is 9.32 Å². The second-order valence-electron chi connectivity index (χ2n) is 8.06. The van der Waals surface area contributed by atoms with Crippen molar-refractivity contribution in [2.45, 2.75) is 55.7 Å². The Morgan fingerprint density at radius 1 is 1.32 bits per heavy atom. The van der Waals surface area contributed by atoms with Gasteiger partial charge >= 0.3 is 0 Å². The Morgan fingerprint density at radius 3 is 2.81 bits per heavy atom. The molecule has 166 valence electrons. The first-order valence-corrected chi connectivity index (χ1v) is 11.7. The number of hydrogen-bond acceptors (Lipinski definition) is 8. The Bertz CT molecular complexity index is 1130. The molecule has 3 heterocycles. The number of aliphatic hydroxyl groups is 1. The number of nitrogens with one attached hydrogen (secondary N) is 2. The van der Waals surface area contributed by atoms with Gasteiger partial charge in [0.05, 0.1) is 35.0 Å². The summed E-state index contributed by atoms with van der Waals surface area (Å²) in [7, 11) is -0.617. The van der Waals surface area contributed by atoms with Gasteiger partial charge in [0, 0.05) is 36.5 Å². The van der Waals surface area contributed by atoms with Gasteiger partial charge in [0.1, 0.15) is 5.03 Å². The summed E-state index contributed by atoms with van der Waals surface area (Å²) in [5.74, 6) is 0.791. The molecule has 2 atom stereocenters. The minimum Gasteiger partial charge on any atom is -0.393 e. The zero-order valence-electron chi connectivity index (χ0n) is 17.7. The molecule has 1 aliphatic rings. The summed E-state index contributed by atoms with van der Waals surface area (Å²) in [5.41, 5.74) is 3.65. The van der Waals surface area contributed by atoms with Gasteiger partial charge in [-0.3, -0.25) is 0 Å². The van der Waals surface area contributed by atoms with E-state index in [2.05, 4.69) is 21.4 Å². The average molecular weight is 445 g/mol. The molecular weight excluding hydrogens is 416 g/mol. The normalized spacial score (nSPS) is 21.1. The van der Waals surface area contributed by atoms with Gasteiger partial charge in [0.15, 0.2) is 0 Å². The predicted octanol–water partition coefficient (Wildman–Crippen LogP) is 2.86. The largest absolute Gasteiger partial charge is 0.393 e. The number of pyridine rings is 1. The summed E-state index contributed by atoms with van der Waals surface area (Å²) in [6, 6.07) is 5.70. The summed E-state index contributed by atoms with van der Waals surface area (Å²) in [6.07, 6.45) is 6.45. The monoisotopic (exact) mass is 444 g/mol. The lowest BCUT2D eigenvalue weighted by atomic mass is 9.85. The smallest absolute Gasteiger partial charge is 0.241 e. The molecule has 1 aliphatic carbocycles. The number of aromatic nitrogens is 4. The SMILES string of the molecule is COC[C@H](C)Nc1ncc2c(-c3ccnc([SH](=N)=O)c3)cc([C@H]3CC[C@H](O)CC3)n2n1. The molecule has 0 aromatic carbocycles. The van der Waals surface area contributed by atoms with Crippen molar-refractivity contribution in [3.05, 3.63) is 36.3 Å². The molecule has 10 heteroatoms. The molecule has 3 aromatic heterocycles. The lowest BCUT2D eigenvalue weighted by Gasteiger charge is -2.25. The molecule has 0 amide bonds. The van der Waals surface area contributed by atoms with Crippen LogP contribution < -0.4 is 5.32 Å². The first-order chi connectivity index (χ1) is 15.0. The number of aliphatic hydroxyl groups excluding tert-OH is 1. The summed E-state index contributed by atoms with van der Waals surface area (Å²) < 4.78 is 26.3. The van der Waals surface area contributed by atoms with Crippen LogP contribution in [-0.2, 0) is 15.3 Å². The van der Waals surface area contributed by atoms with Gasteiger partial charge in [-0.25, -0.2) is 23.5 Å². The van der Waals surface area contributed by atoms with E-state index in [1.165, 1.54) is 0 Å². The van der Waals surface area contributed by atoms with E-state index < -0.39 is 10.6 Å². The van der Waals surface area contributed by atoms with E-state index in [-0.39, 0.29) is 23.1 Å². The second kappa shape index (κ2) is 9.29. The number of anilines is 1. The van der Waals surface area contributed by atoms with Crippen LogP contribution in [0.1, 0.15) is 44.2 Å². The summed E-state index contributed by atoms with van der Waals surface area (Å²) in [5, 5.41) is 18.2. The molecule has 3 N–H and O–H groups in total. The van der Waals surface area contributed by atoms with E-state index in [1.54, 1.807) is 25.6 Å². The Morgan fingerprint density at radius 2 is 2.10 bits per heavy atom. The molecule has 1 unspecified atom stereocenters. The molecule has 4 rings (SSSR count). The van der Waals surface area contributed by atoms with E-state index >= 15 is 0 Å². The maximum absolute atomic E-state index is 11.7. The molecule has 31 heavy (non-hydrogen) atoms. The number of fused-ring (bicyclic) bond motifs is 1. The van der Waals surface area contributed by atoms with E-state index in [0.717, 1.165) is 48.0 Å². The molecule has 0 saturated heterocycles. The maximum Gasteiger partial charge on any atom is 0.241 e. The third-order valence-electron chi connectivity index (χ3n) is 5.72. The quantitative estimate of drug-likeness (QED) is 0.413. The zero-order valence-corrected chi connectivity index (χ0v) is 18.5. The van der Waals surface area contributed by atoms with Gasteiger partial charge in [-0.1, -0.05) is 0 Å². The van der Waals surface area contributed by atoms with Crippen molar-refractivity contribution in [3.8, 4) is 11.1 Å². The van der Waals surface area contributed by atoms with Crippen LogP contribution in [0.4, 0.5) is 5.95 Å². The highest BCUT2D eigenvalue weighted by Crippen LogP contribution is 2.37. The molecule has 0 bridgehead atoms. The van der Waals surface area contributed by atoms with Gasteiger partial charge in [0.25, 0.3) is 0 Å². The Balaban J connectivity index is 1.80. The van der Waals surface area contributed by atoms with Crippen molar-refractivity contribution in [2.75, 3.05) is 19.0 Å². The lowest BCUT2D eigenvalue weighted by molar-refractivity contribution is 0.121. The average Bonchev–Trinajstić information content (AvgIpc) is 3.13. The van der Waals surface area contributed by atoms with Crippen LogP contribution in [-0.4, -0.2) is 54.8 Å². The first-order valence-electron chi connectivity index (χ1n) is 10.4. The Hall–Kier alpha value is -2.56. The van der Waals surface area contributed by atoms with E-state index in [1.807, 2.05) is 17.5 Å². The van der Waals surface area contributed by atoms with Crippen LogP contribution in [0.2, 0.25) is 0 Å². The number of nitrogens with zero attached hydrogens (tertiary/aromatic N) is 4.